The van der Waals surface area contributed by atoms with Crippen LogP contribution in [0.5, 0.6) is 0 Å². The van der Waals surface area contributed by atoms with Crippen molar-refractivity contribution in [1.82, 2.24) is 5.32 Å². The molecule has 110 valence electrons. The third kappa shape index (κ3) is 3.07. The lowest BCUT2D eigenvalue weighted by atomic mass is 9.86. The smallest absolute Gasteiger partial charge is 0.0909 e. The molecule has 0 aliphatic carbocycles. The molecular formula is C18H29N2+. The summed E-state index contributed by atoms with van der Waals surface area (Å²) in [6.45, 7) is 8.79. The first-order valence-electron chi connectivity index (χ1n) is 8.31. The van der Waals surface area contributed by atoms with E-state index in [-0.39, 0.29) is 0 Å². The maximum Gasteiger partial charge on any atom is 0.0909 e. The molecule has 20 heavy (non-hydrogen) atoms. The average molecular weight is 273 g/mol. The monoisotopic (exact) mass is 273 g/mol. The molecule has 2 aliphatic heterocycles. The van der Waals surface area contributed by atoms with Gasteiger partial charge in [0.05, 0.1) is 32.6 Å². The van der Waals surface area contributed by atoms with E-state index in [0.29, 0.717) is 0 Å². The predicted molar refractivity (Wildman–Crippen MR) is 84.9 cm³/mol. The van der Waals surface area contributed by atoms with Gasteiger partial charge in [-0.3, -0.25) is 0 Å². The molecule has 0 atom stereocenters. The van der Waals surface area contributed by atoms with Crippen LogP contribution >= 0.6 is 0 Å². The molecule has 1 aromatic carbocycles. The largest absolute Gasteiger partial charge is 0.324 e. The Kier molecular flexibility index (Phi) is 4.13. The van der Waals surface area contributed by atoms with Crippen LogP contribution in [-0.2, 0) is 6.42 Å². The van der Waals surface area contributed by atoms with Crippen molar-refractivity contribution in [2.75, 3.05) is 39.8 Å². The van der Waals surface area contributed by atoms with Crippen LogP contribution in [-0.4, -0.2) is 44.3 Å². The first kappa shape index (κ1) is 14.1. The van der Waals surface area contributed by atoms with Crippen molar-refractivity contribution in [3.63, 3.8) is 0 Å². The molecule has 1 aromatic rings. The Morgan fingerprint density at radius 1 is 1.15 bits per heavy atom. The average Bonchev–Trinajstić information content (AvgIpc) is 2.38. The number of likely N-dealkylation sites (N-methyl/N-ethyl adjacent to an activating group) is 1. The van der Waals surface area contributed by atoms with E-state index >= 15 is 0 Å². The summed E-state index contributed by atoms with van der Waals surface area (Å²) >= 11 is 0. The van der Waals surface area contributed by atoms with Crippen LogP contribution in [0.2, 0.25) is 0 Å². The SMILES string of the molecule is CCCCc1ccc(C2C[N+](C)(CC3CNC3)C2)cc1. The van der Waals surface area contributed by atoms with Crippen LogP contribution in [0, 0.1) is 5.92 Å². The summed E-state index contributed by atoms with van der Waals surface area (Å²) < 4.78 is 1.29. The quantitative estimate of drug-likeness (QED) is 0.786. The van der Waals surface area contributed by atoms with Gasteiger partial charge in [0.15, 0.2) is 0 Å². The molecule has 0 bridgehead atoms. The molecule has 0 radical (unpaired) electrons. The summed E-state index contributed by atoms with van der Waals surface area (Å²) in [5.74, 6) is 1.73. The number of hydrogen-bond acceptors (Lipinski definition) is 1. The van der Waals surface area contributed by atoms with E-state index in [4.69, 9.17) is 0 Å². The van der Waals surface area contributed by atoms with Crippen molar-refractivity contribution < 1.29 is 4.48 Å². The minimum absolute atomic E-state index is 0.799. The molecule has 0 saturated carbocycles. The molecular weight excluding hydrogens is 244 g/mol. The van der Waals surface area contributed by atoms with Crippen molar-refractivity contribution in [1.29, 1.82) is 0 Å². The second-order valence-electron chi connectivity index (χ2n) is 7.23. The van der Waals surface area contributed by atoms with E-state index in [0.717, 1.165) is 11.8 Å². The Morgan fingerprint density at radius 3 is 2.40 bits per heavy atom. The van der Waals surface area contributed by atoms with E-state index in [1.165, 1.54) is 62.0 Å². The van der Waals surface area contributed by atoms with Crippen LogP contribution in [0.1, 0.15) is 36.8 Å². The molecule has 2 saturated heterocycles. The topological polar surface area (TPSA) is 12.0 Å². The van der Waals surface area contributed by atoms with E-state index in [9.17, 15) is 0 Å². The molecule has 2 aliphatic rings. The first-order valence-corrected chi connectivity index (χ1v) is 8.31. The zero-order valence-electron chi connectivity index (χ0n) is 13.1. The van der Waals surface area contributed by atoms with Gasteiger partial charge in [-0.15, -0.1) is 0 Å². The van der Waals surface area contributed by atoms with Gasteiger partial charge in [-0.1, -0.05) is 37.6 Å². The number of quaternary nitrogens is 1. The Labute approximate surface area is 123 Å². The van der Waals surface area contributed by atoms with Crippen LogP contribution in [0.4, 0.5) is 0 Å². The number of nitrogens with one attached hydrogen (secondary N) is 1. The fourth-order valence-corrected chi connectivity index (χ4v) is 3.81. The van der Waals surface area contributed by atoms with Crippen LogP contribution < -0.4 is 5.32 Å². The molecule has 2 heteroatoms. The Balaban J connectivity index is 1.51. The standard InChI is InChI=1S/C18H29N2/c1-3-4-5-15-6-8-17(9-7-15)18-13-20(2,14-18)12-16-10-19-11-16/h6-9,16,18-19H,3-5,10-14H2,1-2H3/q+1. The van der Waals surface area contributed by atoms with E-state index < -0.39 is 0 Å². The molecule has 2 heterocycles. The first-order chi connectivity index (χ1) is 9.68. The third-order valence-corrected chi connectivity index (χ3v) is 5.16. The van der Waals surface area contributed by atoms with Crippen molar-refractivity contribution in [3.8, 4) is 0 Å². The highest BCUT2D eigenvalue weighted by Crippen LogP contribution is 2.33. The van der Waals surface area contributed by atoms with Gasteiger partial charge in [-0.25, -0.2) is 0 Å². The summed E-state index contributed by atoms with van der Waals surface area (Å²) in [5, 5.41) is 3.39. The lowest BCUT2D eigenvalue weighted by Crippen LogP contribution is -2.64. The van der Waals surface area contributed by atoms with Gasteiger partial charge in [0.1, 0.15) is 0 Å². The molecule has 2 nitrogen and oxygen atoms in total. The van der Waals surface area contributed by atoms with E-state index in [1.54, 1.807) is 5.56 Å². The number of aryl methyl sites for hydroxylation is 1. The predicted octanol–water partition coefficient (Wildman–Crippen LogP) is 2.79. The maximum atomic E-state index is 3.39. The summed E-state index contributed by atoms with van der Waals surface area (Å²) in [5.41, 5.74) is 3.07. The minimum Gasteiger partial charge on any atom is -0.324 e. The summed E-state index contributed by atoms with van der Waals surface area (Å²) in [4.78, 5) is 0. The molecule has 0 unspecified atom stereocenters. The molecule has 0 spiro atoms. The van der Waals surface area contributed by atoms with Gasteiger partial charge in [0.2, 0.25) is 0 Å². The van der Waals surface area contributed by atoms with Gasteiger partial charge in [-0.05, 0) is 24.0 Å². The van der Waals surface area contributed by atoms with Crippen LogP contribution in [0.25, 0.3) is 0 Å². The van der Waals surface area contributed by atoms with Crippen molar-refractivity contribution in [2.45, 2.75) is 32.1 Å². The highest BCUT2D eigenvalue weighted by Gasteiger charge is 2.43. The summed E-state index contributed by atoms with van der Waals surface area (Å²) in [6.07, 6.45) is 3.84. The number of unbranched alkanes of at least 4 members (excludes halogenated alkanes) is 1. The highest BCUT2D eigenvalue weighted by molar-refractivity contribution is 5.26. The Morgan fingerprint density at radius 2 is 1.85 bits per heavy atom. The number of nitrogens with zero attached hydrogens (tertiary/aromatic N) is 1. The molecule has 0 aromatic heterocycles. The molecule has 3 rings (SSSR count). The number of benzene rings is 1. The fourth-order valence-electron chi connectivity index (χ4n) is 3.81. The Bertz CT molecular complexity index is 427. The van der Waals surface area contributed by atoms with Crippen LogP contribution in [0.15, 0.2) is 24.3 Å². The second kappa shape index (κ2) is 5.87. The van der Waals surface area contributed by atoms with E-state index in [2.05, 4.69) is 43.6 Å². The highest BCUT2D eigenvalue weighted by atomic mass is 15.4. The second-order valence-corrected chi connectivity index (χ2v) is 7.23. The maximum absolute atomic E-state index is 3.39. The Hall–Kier alpha value is -0.860. The molecule has 1 N–H and O–H groups in total. The van der Waals surface area contributed by atoms with Gasteiger partial charge in [0, 0.05) is 19.0 Å². The lowest BCUT2D eigenvalue weighted by Gasteiger charge is -2.50. The number of hydrogen-bond donors (Lipinski definition) is 1. The van der Waals surface area contributed by atoms with Gasteiger partial charge in [-0.2, -0.15) is 0 Å². The normalized spacial score (nSPS) is 29.8. The minimum atomic E-state index is 0.799. The summed E-state index contributed by atoms with van der Waals surface area (Å²) in [7, 11) is 2.43. The van der Waals surface area contributed by atoms with E-state index in [1.807, 2.05) is 0 Å². The van der Waals surface area contributed by atoms with Gasteiger partial charge < -0.3 is 9.80 Å². The number of likely N-dealkylation sites (tertiary alicyclic amines) is 1. The van der Waals surface area contributed by atoms with Gasteiger partial charge in [0.25, 0.3) is 0 Å². The van der Waals surface area contributed by atoms with Crippen molar-refractivity contribution in [2.24, 2.45) is 5.92 Å². The molecule has 0 amide bonds. The third-order valence-electron chi connectivity index (χ3n) is 5.16. The van der Waals surface area contributed by atoms with Crippen molar-refractivity contribution >= 4 is 0 Å². The number of rotatable bonds is 6. The fraction of sp³-hybridized carbons (Fsp3) is 0.667. The lowest BCUT2D eigenvalue weighted by molar-refractivity contribution is -0.953. The zero-order chi connectivity index (χ0) is 14.0. The zero-order valence-corrected chi connectivity index (χ0v) is 13.1. The molecule has 2 fully saturated rings. The van der Waals surface area contributed by atoms with Gasteiger partial charge >= 0.3 is 0 Å². The van der Waals surface area contributed by atoms with Crippen LogP contribution in [0.3, 0.4) is 0 Å². The summed E-state index contributed by atoms with van der Waals surface area (Å²) in [6, 6.07) is 9.46. The van der Waals surface area contributed by atoms with Crippen molar-refractivity contribution in [3.05, 3.63) is 35.4 Å².